The van der Waals surface area contributed by atoms with Crippen LogP contribution >= 0.6 is 34.5 Å². The number of Topliss-reactive ketones (excluding diaryl/α,β-unsaturated/α-hetero) is 1. The Kier molecular flexibility index (Phi) is 6.99. The molecule has 0 unspecified atom stereocenters. The van der Waals surface area contributed by atoms with E-state index >= 15 is 0 Å². The highest BCUT2D eigenvalue weighted by molar-refractivity contribution is 7.12. The number of nitrogens with one attached hydrogen (secondary N) is 1. The van der Waals surface area contributed by atoms with Gasteiger partial charge in [0.25, 0.3) is 5.91 Å². The van der Waals surface area contributed by atoms with Crippen molar-refractivity contribution >= 4 is 57.9 Å². The lowest BCUT2D eigenvalue weighted by atomic mass is 10.2. The van der Waals surface area contributed by atoms with Gasteiger partial charge in [-0.25, -0.2) is 0 Å². The number of ketones is 1. The van der Waals surface area contributed by atoms with E-state index in [2.05, 4.69) is 5.32 Å². The molecule has 25 heavy (non-hydrogen) atoms. The number of esters is 1. The smallest absolute Gasteiger partial charge is 0.306 e. The minimum atomic E-state index is -0.624. The van der Waals surface area contributed by atoms with E-state index in [1.807, 2.05) is 0 Å². The molecule has 0 atom stereocenters. The van der Waals surface area contributed by atoms with Gasteiger partial charge in [0.05, 0.1) is 27.0 Å². The Labute approximate surface area is 158 Å². The van der Waals surface area contributed by atoms with E-state index < -0.39 is 18.5 Å². The molecule has 0 bridgehead atoms. The Bertz CT molecular complexity index is 790. The number of thiophene rings is 1. The largest absolute Gasteiger partial charge is 0.456 e. The summed E-state index contributed by atoms with van der Waals surface area (Å²) in [5.41, 5.74) is 1.03. The van der Waals surface area contributed by atoms with E-state index in [1.54, 1.807) is 36.6 Å². The summed E-state index contributed by atoms with van der Waals surface area (Å²) in [6, 6.07) is 6.80. The van der Waals surface area contributed by atoms with Crippen LogP contribution in [0.3, 0.4) is 0 Å². The van der Waals surface area contributed by atoms with Gasteiger partial charge in [-0.15, -0.1) is 11.3 Å². The summed E-state index contributed by atoms with van der Waals surface area (Å²) in [5.74, 6) is -1.32. The van der Waals surface area contributed by atoms with Gasteiger partial charge < -0.3 is 10.1 Å². The number of benzene rings is 1. The van der Waals surface area contributed by atoms with Crippen LogP contribution in [-0.2, 0) is 14.3 Å². The molecule has 1 N–H and O–H groups in total. The van der Waals surface area contributed by atoms with Gasteiger partial charge in [0.15, 0.2) is 12.4 Å². The average molecular weight is 400 g/mol. The Balaban J connectivity index is 1.79. The molecule has 0 spiro atoms. The lowest BCUT2D eigenvalue weighted by molar-refractivity contribution is -0.147. The van der Waals surface area contributed by atoms with Crippen LogP contribution in [-0.4, -0.2) is 24.3 Å². The van der Waals surface area contributed by atoms with Gasteiger partial charge in [0.1, 0.15) is 0 Å². The van der Waals surface area contributed by atoms with Crippen molar-refractivity contribution in [2.75, 3.05) is 11.9 Å². The minimum absolute atomic E-state index is 0.0382. The predicted molar refractivity (Wildman–Crippen MR) is 98.7 cm³/mol. The van der Waals surface area contributed by atoms with Crippen LogP contribution < -0.4 is 5.32 Å². The van der Waals surface area contributed by atoms with Crippen molar-refractivity contribution in [3.8, 4) is 0 Å². The van der Waals surface area contributed by atoms with Crippen LogP contribution in [0.25, 0.3) is 0 Å². The first-order valence-electron chi connectivity index (χ1n) is 7.35. The Morgan fingerprint density at radius 2 is 1.92 bits per heavy atom. The third-order valence-electron chi connectivity index (χ3n) is 3.27. The molecule has 132 valence electrons. The average Bonchev–Trinajstić information content (AvgIpc) is 3.13. The Morgan fingerprint density at radius 1 is 1.16 bits per heavy atom. The van der Waals surface area contributed by atoms with E-state index in [9.17, 15) is 14.4 Å². The van der Waals surface area contributed by atoms with Crippen LogP contribution in [0.2, 0.25) is 10.0 Å². The molecule has 1 heterocycles. The van der Waals surface area contributed by atoms with Crippen molar-refractivity contribution in [2.24, 2.45) is 0 Å². The van der Waals surface area contributed by atoms with Crippen molar-refractivity contribution in [3.63, 3.8) is 0 Å². The molecule has 2 aromatic rings. The second kappa shape index (κ2) is 8.99. The topological polar surface area (TPSA) is 72.5 Å². The first-order chi connectivity index (χ1) is 11.9. The second-order valence-corrected chi connectivity index (χ2v) is 6.90. The van der Waals surface area contributed by atoms with Gasteiger partial charge >= 0.3 is 5.97 Å². The maximum absolute atomic E-state index is 11.9. The Hall–Kier alpha value is -1.89. The van der Waals surface area contributed by atoms with E-state index in [1.165, 1.54) is 11.3 Å². The van der Waals surface area contributed by atoms with Crippen molar-refractivity contribution in [3.05, 3.63) is 50.1 Å². The lowest BCUT2D eigenvalue weighted by Gasteiger charge is -2.11. The normalized spacial score (nSPS) is 10.4. The molecule has 0 aliphatic carbocycles. The van der Waals surface area contributed by atoms with Gasteiger partial charge in [0, 0.05) is 6.42 Å². The molecule has 0 fully saturated rings. The highest BCUT2D eigenvalue weighted by Crippen LogP contribution is 2.32. The summed E-state index contributed by atoms with van der Waals surface area (Å²) >= 11 is 13.4. The Morgan fingerprint density at radius 3 is 2.60 bits per heavy atom. The zero-order chi connectivity index (χ0) is 18.4. The van der Waals surface area contributed by atoms with Gasteiger partial charge in [-0.3, -0.25) is 14.4 Å². The molecule has 2 rings (SSSR count). The number of carbonyl (C=O) groups is 3. The summed E-state index contributed by atoms with van der Waals surface area (Å²) in [6.45, 7) is 1.30. The molecule has 0 saturated carbocycles. The molecule has 5 nitrogen and oxygen atoms in total. The first-order valence-corrected chi connectivity index (χ1v) is 8.99. The van der Waals surface area contributed by atoms with Crippen LogP contribution in [0.1, 0.15) is 28.1 Å². The molecule has 0 radical (unpaired) electrons. The third-order valence-corrected chi connectivity index (χ3v) is 4.98. The maximum atomic E-state index is 11.9. The second-order valence-electron chi connectivity index (χ2n) is 5.16. The standard InChI is InChI=1S/C17H15Cl2NO4S/c1-10-4-5-11(18)17(16(10)19)20-14(22)9-24-15(23)7-6-12(21)13-3-2-8-25-13/h2-5,8H,6-7,9H2,1H3,(H,20,22). The monoisotopic (exact) mass is 399 g/mol. The fourth-order valence-corrected chi connectivity index (χ4v) is 3.10. The molecular weight excluding hydrogens is 385 g/mol. The van der Waals surface area contributed by atoms with Gasteiger partial charge in [0.2, 0.25) is 0 Å². The highest BCUT2D eigenvalue weighted by atomic mass is 35.5. The molecule has 0 aliphatic rings. The van der Waals surface area contributed by atoms with Crippen molar-refractivity contribution in [1.29, 1.82) is 0 Å². The number of carbonyl (C=O) groups excluding carboxylic acids is 3. The number of amides is 1. The van der Waals surface area contributed by atoms with E-state index in [4.69, 9.17) is 27.9 Å². The summed E-state index contributed by atoms with van der Waals surface area (Å²) in [6.07, 6.45) is -0.0491. The van der Waals surface area contributed by atoms with Crippen molar-refractivity contribution in [2.45, 2.75) is 19.8 Å². The van der Waals surface area contributed by atoms with Crippen LogP contribution in [0.4, 0.5) is 5.69 Å². The first kappa shape index (κ1) is 19.4. The van der Waals surface area contributed by atoms with E-state index in [0.717, 1.165) is 5.56 Å². The number of hydrogen-bond donors (Lipinski definition) is 1. The number of rotatable bonds is 7. The van der Waals surface area contributed by atoms with Crippen LogP contribution in [0, 0.1) is 6.92 Å². The lowest BCUT2D eigenvalue weighted by Crippen LogP contribution is -2.21. The molecule has 8 heteroatoms. The summed E-state index contributed by atoms with van der Waals surface area (Å²) in [4.78, 5) is 35.9. The zero-order valence-electron chi connectivity index (χ0n) is 13.3. The number of ether oxygens (including phenoxy) is 1. The quantitative estimate of drug-likeness (QED) is 0.548. The number of aryl methyl sites for hydroxylation is 1. The van der Waals surface area contributed by atoms with E-state index in [-0.39, 0.29) is 29.3 Å². The summed E-state index contributed by atoms with van der Waals surface area (Å²) in [7, 11) is 0. The summed E-state index contributed by atoms with van der Waals surface area (Å²) < 4.78 is 4.87. The van der Waals surface area contributed by atoms with Crippen LogP contribution in [0.15, 0.2) is 29.6 Å². The molecular formula is C17H15Cl2NO4S. The van der Waals surface area contributed by atoms with E-state index in [0.29, 0.717) is 9.90 Å². The van der Waals surface area contributed by atoms with Gasteiger partial charge in [-0.1, -0.05) is 35.3 Å². The molecule has 1 aromatic carbocycles. The minimum Gasteiger partial charge on any atom is -0.456 e. The third kappa shape index (κ3) is 5.56. The number of anilines is 1. The molecule has 1 amide bonds. The SMILES string of the molecule is Cc1ccc(Cl)c(NC(=O)COC(=O)CCC(=O)c2cccs2)c1Cl. The molecule has 0 saturated heterocycles. The van der Waals surface area contributed by atoms with Gasteiger partial charge in [-0.2, -0.15) is 0 Å². The van der Waals surface area contributed by atoms with Crippen LogP contribution in [0.5, 0.6) is 0 Å². The van der Waals surface area contributed by atoms with Crippen molar-refractivity contribution in [1.82, 2.24) is 0 Å². The number of hydrogen-bond acceptors (Lipinski definition) is 5. The zero-order valence-corrected chi connectivity index (χ0v) is 15.6. The maximum Gasteiger partial charge on any atom is 0.306 e. The fraction of sp³-hybridized carbons (Fsp3) is 0.235. The predicted octanol–water partition coefficient (Wildman–Crippen LogP) is 4.51. The highest BCUT2D eigenvalue weighted by Gasteiger charge is 2.15. The fourth-order valence-electron chi connectivity index (χ4n) is 1.94. The molecule has 1 aromatic heterocycles. The summed E-state index contributed by atoms with van der Waals surface area (Å²) in [5, 5.41) is 4.92. The molecule has 0 aliphatic heterocycles. The van der Waals surface area contributed by atoms with Crippen molar-refractivity contribution < 1.29 is 19.1 Å². The van der Waals surface area contributed by atoms with Gasteiger partial charge in [-0.05, 0) is 30.0 Å². The number of halogens is 2.